The maximum atomic E-state index is 13.8. The van der Waals surface area contributed by atoms with Crippen LogP contribution in [0.2, 0.25) is 0 Å². The van der Waals surface area contributed by atoms with Gasteiger partial charge in [-0.2, -0.15) is 0 Å². The van der Waals surface area contributed by atoms with E-state index in [0.29, 0.717) is 11.3 Å². The number of ether oxygens (including phenoxy) is 3. The first-order chi connectivity index (χ1) is 16.7. The SMILES string of the molecule is COC(=O)c1ccccc1NC(=O)CN(c1ccc(OC)cc1)S(=O)(=O)c1cc(C)ccc1OC. The Morgan fingerprint density at radius 2 is 1.60 bits per heavy atom. The van der Waals surface area contributed by atoms with E-state index in [1.165, 1.54) is 51.7 Å². The van der Waals surface area contributed by atoms with E-state index in [4.69, 9.17) is 14.2 Å². The number of carbonyl (C=O) groups excluding carboxylic acids is 2. The van der Waals surface area contributed by atoms with Crippen LogP contribution in [0.3, 0.4) is 0 Å². The maximum Gasteiger partial charge on any atom is 0.339 e. The first-order valence-corrected chi connectivity index (χ1v) is 11.9. The van der Waals surface area contributed by atoms with Crippen LogP contribution in [0.25, 0.3) is 0 Å². The summed E-state index contributed by atoms with van der Waals surface area (Å²) in [6, 6.07) is 17.3. The summed E-state index contributed by atoms with van der Waals surface area (Å²) >= 11 is 0. The van der Waals surface area contributed by atoms with E-state index >= 15 is 0 Å². The number of esters is 1. The molecule has 0 unspecified atom stereocenters. The summed E-state index contributed by atoms with van der Waals surface area (Å²) < 4.78 is 43.8. The van der Waals surface area contributed by atoms with Gasteiger partial charge in [0, 0.05) is 0 Å². The number of hydrogen-bond donors (Lipinski definition) is 1. The van der Waals surface area contributed by atoms with Gasteiger partial charge in [0.05, 0.1) is 38.3 Å². The molecule has 35 heavy (non-hydrogen) atoms. The Bertz CT molecular complexity index is 1320. The zero-order valence-electron chi connectivity index (χ0n) is 19.8. The quantitative estimate of drug-likeness (QED) is 0.449. The lowest BCUT2D eigenvalue weighted by atomic mass is 10.2. The first kappa shape index (κ1) is 25.6. The first-order valence-electron chi connectivity index (χ1n) is 10.5. The second kappa shape index (κ2) is 10.9. The van der Waals surface area contributed by atoms with Crippen molar-refractivity contribution in [3.63, 3.8) is 0 Å². The van der Waals surface area contributed by atoms with Crippen molar-refractivity contribution in [1.29, 1.82) is 0 Å². The molecule has 0 aliphatic rings. The third kappa shape index (κ3) is 5.72. The van der Waals surface area contributed by atoms with Gasteiger partial charge in [0.15, 0.2) is 0 Å². The average molecular weight is 499 g/mol. The third-order valence-corrected chi connectivity index (χ3v) is 6.94. The number of methoxy groups -OCH3 is 3. The number of sulfonamides is 1. The lowest BCUT2D eigenvalue weighted by molar-refractivity contribution is -0.114. The van der Waals surface area contributed by atoms with Gasteiger partial charge >= 0.3 is 5.97 Å². The highest BCUT2D eigenvalue weighted by molar-refractivity contribution is 7.93. The molecule has 0 saturated heterocycles. The number of nitrogens with one attached hydrogen (secondary N) is 1. The Hall–Kier alpha value is -4.05. The summed E-state index contributed by atoms with van der Waals surface area (Å²) in [5, 5.41) is 2.61. The molecule has 0 heterocycles. The molecule has 10 heteroatoms. The predicted octanol–water partition coefficient (Wildman–Crippen LogP) is 3.63. The molecule has 0 spiro atoms. The number of carbonyl (C=O) groups is 2. The molecule has 3 aromatic carbocycles. The number of rotatable bonds is 9. The second-order valence-electron chi connectivity index (χ2n) is 7.45. The molecular weight excluding hydrogens is 472 g/mol. The normalized spacial score (nSPS) is 10.9. The number of hydrogen-bond acceptors (Lipinski definition) is 7. The van der Waals surface area contributed by atoms with E-state index in [0.717, 1.165) is 4.31 Å². The molecule has 0 radical (unpaired) electrons. The number of anilines is 2. The number of aryl methyl sites for hydroxylation is 1. The van der Waals surface area contributed by atoms with Gasteiger partial charge in [-0.3, -0.25) is 9.10 Å². The van der Waals surface area contributed by atoms with Crippen LogP contribution in [0, 0.1) is 6.92 Å². The van der Waals surface area contributed by atoms with Crippen LogP contribution in [-0.2, 0) is 19.6 Å². The fourth-order valence-corrected chi connectivity index (χ4v) is 5.03. The highest BCUT2D eigenvalue weighted by atomic mass is 32.2. The molecule has 3 rings (SSSR count). The Balaban J connectivity index is 2.03. The van der Waals surface area contributed by atoms with Crippen LogP contribution in [0.1, 0.15) is 15.9 Å². The highest BCUT2D eigenvalue weighted by Crippen LogP contribution is 2.31. The molecule has 0 aromatic heterocycles. The molecule has 0 saturated carbocycles. The van der Waals surface area contributed by atoms with Gasteiger partial charge in [-0.25, -0.2) is 13.2 Å². The zero-order chi connectivity index (χ0) is 25.6. The van der Waals surface area contributed by atoms with Crippen molar-refractivity contribution in [3.05, 3.63) is 77.9 Å². The Morgan fingerprint density at radius 3 is 2.23 bits per heavy atom. The van der Waals surface area contributed by atoms with E-state index in [2.05, 4.69) is 5.32 Å². The average Bonchev–Trinajstić information content (AvgIpc) is 2.87. The molecule has 1 N–H and O–H groups in total. The van der Waals surface area contributed by atoms with E-state index in [1.54, 1.807) is 43.3 Å². The lowest BCUT2D eigenvalue weighted by Gasteiger charge is -2.25. The molecule has 3 aromatic rings. The van der Waals surface area contributed by atoms with Crippen LogP contribution >= 0.6 is 0 Å². The second-order valence-corrected chi connectivity index (χ2v) is 9.28. The third-order valence-electron chi connectivity index (χ3n) is 5.14. The molecule has 0 bridgehead atoms. The minimum absolute atomic E-state index is 0.0846. The summed E-state index contributed by atoms with van der Waals surface area (Å²) in [6.45, 7) is 1.19. The Kier molecular flexibility index (Phi) is 7.98. The summed E-state index contributed by atoms with van der Waals surface area (Å²) in [5.74, 6) is -0.626. The highest BCUT2D eigenvalue weighted by Gasteiger charge is 2.30. The zero-order valence-corrected chi connectivity index (χ0v) is 20.6. The molecule has 0 aliphatic carbocycles. The predicted molar refractivity (Wildman–Crippen MR) is 132 cm³/mol. The Labute approximate surface area is 204 Å². The van der Waals surface area contributed by atoms with E-state index < -0.39 is 28.4 Å². The van der Waals surface area contributed by atoms with Crippen LogP contribution in [0.15, 0.2) is 71.6 Å². The van der Waals surface area contributed by atoms with Crippen molar-refractivity contribution >= 4 is 33.3 Å². The van der Waals surface area contributed by atoms with Crippen LogP contribution in [-0.4, -0.2) is 48.2 Å². The van der Waals surface area contributed by atoms with Gasteiger partial charge in [0.2, 0.25) is 5.91 Å². The van der Waals surface area contributed by atoms with Crippen molar-refractivity contribution in [2.75, 3.05) is 37.5 Å². The van der Waals surface area contributed by atoms with Crippen LogP contribution in [0.5, 0.6) is 11.5 Å². The molecule has 0 atom stereocenters. The standard InChI is InChI=1S/C25H26N2O7S/c1-17-9-14-22(33-3)23(15-17)35(30,31)27(18-10-12-19(32-2)13-11-18)16-24(28)26-21-8-6-5-7-20(21)25(29)34-4/h5-15H,16H2,1-4H3,(H,26,28). The van der Waals surface area contributed by atoms with Crippen LogP contribution in [0.4, 0.5) is 11.4 Å². The monoisotopic (exact) mass is 498 g/mol. The number of para-hydroxylation sites is 1. The number of benzene rings is 3. The van der Waals surface area contributed by atoms with E-state index in [1.807, 2.05) is 0 Å². The molecule has 184 valence electrons. The summed E-state index contributed by atoms with van der Waals surface area (Å²) in [7, 11) is -0.146. The smallest absolute Gasteiger partial charge is 0.339 e. The number of amides is 1. The van der Waals surface area contributed by atoms with Crippen molar-refractivity contribution in [3.8, 4) is 11.5 Å². The summed E-state index contributed by atoms with van der Waals surface area (Å²) in [5.41, 5.74) is 1.29. The topological polar surface area (TPSA) is 111 Å². The van der Waals surface area contributed by atoms with Crippen molar-refractivity contribution in [2.45, 2.75) is 11.8 Å². The lowest BCUT2D eigenvalue weighted by Crippen LogP contribution is -2.38. The van der Waals surface area contributed by atoms with E-state index in [-0.39, 0.29) is 27.6 Å². The van der Waals surface area contributed by atoms with Crippen molar-refractivity contribution in [1.82, 2.24) is 0 Å². The minimum atomic E-state index is -4.24. The molecule has 0 fully saturated rings. The van der Waals surface area contributed by atoms with Gasteiger partial charge < -0.3 is 19.5 Å². The molecule has 9 nitrogen and oxygen atoms in total. The molecule has 0 aliphatic heterocycles. The minimum Gasteiger partial charge on any atom is -0.497 e. The maximum absolute atomic E-state index is 13.8. The van der Waals surface area contributed by atoms with Gasteiger partial charge in [0.1, 0.15) is 22.9 Å². The van der Waals surface area contributed by atoms with E-state index in [9.17, 15) is 18.0 Å². The van der Waals surface area contributed by atoms with Gasteiger partial charge in [-0.05, 0) is 61.0 Å². The van der Waals surface area contributed by atoms with Gasteiger partial charge in [0.25, 0.3) is 10.0 Å². The fraction of sp³-hybridized carbons (Fsp3) is 0.200. The fourth-order valence-electron chi connectivity index (χ4n) is 3.37. The van der Waals surface area contributed by atoms with Crippen molar-refractivity contribution in [2.24, 2.45) is 0 Å². The molecule has 1 amide bonds. The Morgan fingerprint density at radius 1 is 0.914 bits per heavy atom. The summed E-state index contributed by atoms with van der Waals surface area (Å²) in [4.78, 5) is 25.0. The van der Waals surface area contributed by atoms with Gasteiger partial charge in [-0.15, -0.1) is 0 Å². The molecular formula is C25H26N2O7S. The van der Waals surface area contributed by atoms with Crippen LogP contribution < -0.4 is 19.1 Å². The van der Waals surface area contributed by atoms with Crippen molar-refractivity contribution < 1.29 is 32.2 Å². The summed E-state index contributed by atoms with van der Waals surface area (Å²) in [6.07, 6.45) is 0. The van der Waals surface area contributed by atoms with Gasteiger partial charge in [-0.1, -0.05) is 18.2 Å². The number of nitrogens with zero attached hydrogens (tertiary/aromatic N) is 1. The largest absolute Gasteiger partial charge is 0.497 e.